The van der Waals surface area contributed by atoms with Crippen molar-refractivity contribution in [3.63, 3.8) is 0 Å². The van der Waals surface area contributed by atoms with Gasteiger partial charge >= 0.3 is 0 Å². The zero-order valence-corrected chi connectivity index (χ0v) is 11.1. The molecule has 18 heavy (non-hydrogen) atoms. The van der Waals surface area contributed by atoms with E-state index in [-0.39, 0.29) is 5.82 Å². The van der Waals surface area contributed by atoms with Crippen molar-refractivity contribution < 1.29 is 9.50 Å². The molecule has 0 aliphatic heterocycles. The van der Waals surface area contributed by atoms with Crippen LogP contribution in [0.2, 0.25) is 10.0 Å². The number of aliphatic hydroxyl groups is 1. The minimum atomic E-state index is -0.922. The van der Waals surface area contributed by atoms with Gasteiger partial charge in [-0.25, -0.2) is 4.39 Å². The van der Waals surface area contributed by atoms with Crippen LogP contribution in [0.1, 0.15) is 22.8 Å². The van der Waals surface area contributed by atoms with Crippen LogP contribution in [-0.2, 0) is 0 Å². The average molecular weight is 285 g/mol. The van der Waals surface area contributed by atoms with Gasteiger partial charge in [0.25, 0.3) is 0 Å². The highest BCUT2D eigenvalue weighted by molar-refractivity contribution is 6.42. The fraction of sp³-hybridized carbons (Fsp3) is 0.143. The highest BCUT2D eigenvalue weighted by atomic mass is 35.5. The largest absolute Gasteiger partial charge is 0.384 e. The van der Waals surface area contributed by atoms with Gasteiger partial charge in [0, 0.05) is 0 Å². The summed E-state index contributed by atoms with van der Waals surface area (Å²) in [5.74, 6) is -0.371. The predicted molar refractivity (Wildman–Crippen MR) is 71.7 cm³/mol. The van der Waals surface area contributed by atoms with Gasteiger partial charge in [0.05, 0.1) is 10.0 Å². The van der Waals surface area contributed by atoms with Gasteiger partial charge < -0.3 is 5.11 Å². The molecule has 0 spiro atoms. The number of aryl methyl sites for hydroxylation is 1. The molecule has 0 fully saturated rings. The lowest BCUT2D eigenvalue weighted by atomic mass is 10.00. The van der Waals surface area contributed by atoms with Crippen LogP contribution in [0.25, 0.3) is 0 Å². The summed E-state index contributed by atoms with van der Waals surface area (Å²) < 4.78 is 13.3. The first-order valence-corrected chi connectivity index (χ1v) is 6.13. The third-order valence-corrected chi connectivity index (χ3v) is 3.38. The second-order valence-corrected chi connectivity index (χ2v) is 4.95. The molecule has 0 saturated carbocycles. The van der Waals surface area contributed by atoms with Crippen molar-refractivity contribution >= 4 is 23.2 Å². The number of hydrogen-bond donors (Lipinski definition) is 1. The Labute approximate surface area is 115 Å². The van der Waals surface area contributed by atoms with Crippen molar-refractivity contribution in [2.75, 3.05) is 0 Å². The molecular formula is C14H11Cl2FO. The molecular weight excluding hydrogens is 274 g/mol. The maximum Gasteiger partial charge on any atom is 0.123 e. The molecule has 0 radical (unpaired) electrons. The molecule has 1 nitrogen and oxygen atoms in total. The first kappa shape index (κ1) is 13.3. The normalized spacial score (nSPS) is 12.5. The molecule has 0 aliphatic carbocycles. The Hall–Kier alpha value is -1.09. The summed E-state index contributed by atoms with van der Waals surface area (Å²) in [6.07, 6.45) is -0.922. The predicted octanol–water partition coefficient (Wildman–Crippen LogP) is 4.52. The van der Waals surface area contributed by atoms with Crippen LogP contribution in [-0.4, -0.2) is 5.11 Å². The summed E-state index contributed by atoms with van der Waals surface area (Å²) in [6, 6.07) is 9.30. The smallest absolute Gasteiger partial charge is 0.123 e. The third kappa shape index (κ3) is 2.83. The topological polar surface area (TPSA) is 20.2 Å². The van der Waals surface area contributed by atoms with Crippen molar-refractivity contribution in [3.05, 3.63) is 69.0 Å². The number of aliphatic hydroxyl groups excluding tert-OH is 1. The lowest BCUT2D eigenvalue weighted by molar-refractivity contribution is 0.219. The van der Waals surface area contributed by atoms with Crippen LogP contribution in [0, 0.1) is 12.7 Å². The minimum Gasteiger partial charge on any atom is -0.384 e. The van der Waals surface area contributed by atoms with Crippen LogP contribution in [0.3, 0.4) is 0 Å². The Balaban J connectivity index is 2.40. The van der Waals surface area contributed by atoms with Crippen LogP contribution in [0.4, 0.5) is 4.39 Å². The summed E-state index contributed by atoms with van der Waals surface area (Å²) in [4.78, 5) is 0. The zero-order chi connectivity index (χ0) is 13.3. The molecule has 94 valence electrons. The first-order chi connectivity index (χ1) is 8.47. The number of rotatable bonds is 2. The van der Waals surface area contributed by atoms with Gasteiger partial charge in [-0.2, -0.15) is 0 Å². The molecule has 0 heterocycles. The highest BCUT2D eigenvalue weighted by Crippen LogP contribution is 2.29. The summed E-state index contributed by atoms with van der Waals surface area (Å²) in [7, 11) is 0. The Morgan fingerprint density at radius 3 is 2.33 bits per heavy atom. The Bertz CT molecular complexity index is 564. The van der Waals surface area contributed by atoms with Gasteiger partial charge in [-0.15, -0.1) is 0 Å². The van der Waals surface area contributed by atoms with Crippen molar-refractivity contribution in [1.29, 1.82) is 0 Å². The molecule has 1 N–H and O–H groups in total. The lowest BCUT2D eigenvalue weighted by Gasteiger charge is -2.13. The van der Waals surface area contributed by atoms with Gasteiger partial charge in [0.15, 0.2) is 0 Å². The Morgan fingerprint density at radius 2 is 1.72 bits per heavy atom. The van der Waals surface area contributed by atoms with Crippen LogP contribution in [0.15, 0.2) is 36.4 Å². The first-order valence-electron chi connectivity index (χ1n) is 5.37. The van der Waals surface area contributed by atoms with Gasteiger partial charge in [-0.1, -0.05) is 35.3 Å². The number of benzene rings is 2. The second-order valence-electron chi connectivity index (χ2n) is 4.14. The van der Waals surface area contributed by atoms with E-state index in [9.17, 15) is 9.50 Å². The fourth-order valence-electron chi connectivity index (χ4n) is 1.80. The minimum absolute atomic E-state index is 0.362. The summed E-state index contributed by atoms with van der Waals surface area (Å²) in [5, 5.41) is 11.0. The van der Waals surface area contributed by atoms with Crippen molar-refractivity contribution in [2.45, 2.75) is 13.0 Å². The van der Waals surface area contributed by atoms with E-state index in [1.54, 1.807) is 31.2 Å². The van der Waals surface area contributed by atoms with Crippen LogP contribution >= 0.6 is 23.2 Å². The van der Waals surface area contributed by atoms with Gasteiger partial charge in [0.2, 0.25) is 0 Å². The molecule has 0 saturated heterocycles. The monoisotopic (exact) mass is 284 g/mol. The molecule has 2 aromatic rings. The molecule has 0 amide bonds. The second kappa shape index (κ2) is 5.27. The van der Waals surface area contributed by atoms with E-state index in [0.717, 1.165) is 5.56 Å². The molecule has 2 aromatic carbocycles. The molecule has 1 unspecified atom stereocenters. The molecule has 0 aromatic heterocycles. The fourth-order valence-corrected chi connectivity index (χ4v) is 2.10. The molecule has 2 rings (SSSR count). The number of hydrogen-bond acceptors (Lipinski definition) is 1. The van der Waals surface area contributed by atoms with Gasteiger partial charge in [-0.05, 0) is 47.9 Å². The summed E-state index contributed by atoms with van der Waals surface area (Å²) in [6.45, 7) is 1.77. The average Bonchev–Trinajstić information content (AvgIpc) is 2.30. The van der Waals surface area contributed by atoms with E-state index in [2.05, 4.69) is 0 Å². The zero-order valence-electron chi connectivity index (χ0n) is 9.62. The maximum absolute atomic E-state index is 13.3. The van der Waals surface area contributed by atoms with E-state index >= 15 is 0 Å². The van der Waals surface area contributed by atoms with Crippen molar-refractivity contribution in [2.24, 2.45) is 0 Å². The molecule has 4 heteroatoms. The van der Waals surface area contributed by atoms with E-state index in [1.807, 2.05) is 0 Å². The summed E-state index contributed by atoms with van der Waals surface area (Å²) in [5.41, 5.74) is 1.82. The van der Waals surface area contributed by atoms with Gasteiger partial charge in [-0.3, -0.25) is 0 Å². The van der Waals surface area contributed by atoms with E-state index in [4.69, 9.17) is 23.2 Å². The molecule has 0 aliphatic rings. The highest BCUT2D eigenvalue weighted by Gasteiger charge is 2.13. The number of halogens is 3. The third-order valence-electron chi connectivity index (χ3n) is 2.64. The quantitative estimate of drug-likeness (QED) is 0.860. The lowest BCUT2D eigenvalue weighted by Crippen LogP contribution is -2.01. The Kier molecular flexibility index (Phi) is 3.91. The molecule has 0 bridgehead atoms. The maximum atomic E-state index is 13.3. The SMILES string of the molecule is Cc1cc(F)cc(C(O)c2ccc(Cl)c(Cl)c2)c1. The van der Waals surface area contributed by atoms with Crippen molar-refractivity contribution in [1.82, 2.24) is 0 Å². The molecule has 1 atom stereocenters. The standard InChI is InChI=1S/C14H11Cl2FO/c1-8-4-10(6-11(17)5-8)14(18)9-2-3-12(15)13(16)7-9/h2-7,14,18H,1H3. The van der Waals surface area contributed by atoms with Crippen LogP contribution < -0.4 is 0 Å². The van der Waals surface area contributed by atoms with E-state index in [1.165, 1.54) is 12.1 Å². The summed E-state index contributed by atoms with van der Waals surface area (Å²) >= 11 is 11.7. The van der Waals surface area contributed by atoms with E-state index in [0.29, 0.717) is 21.2 Å². The van der Waals surface area contributed by atoms with E-state index < -0.39 is 6.10 Å². The Morgan fingerprint density at radius 1 is 1.00 bits per heavy atom. The van der Waals surface area contributed by atoms with Gasteiger partial charge in [0.1, 0.15) is 11.9 Å². The van der Waals surface area contributed by atoms with Crippen LogP contribution in [0.5, 0.6) is 0 Å². The van der Waals surface area contributed by atoms with Crippen molar-refractivity contribution in [3.8, 4) is 0 Å².